The van der Waals surface area contributed by atoms with E-state index in [1.807, 2.05) is 25.1 Å². The molecular weight excluding hydrogens is 150 g/mol. The van der Waals surface area contributed by atoms with E-state index in [0.29, 0.717) is 0 Å². The third kappa shape index (κ3) is 1.71. The lowest BCUT2D eigenvalue weighted by Gasteiger charge is -2.09. The van der Waals surface area contributed by atoms with Gasteiger partial charge in [0.15, 0.2) is 5.78 Å². The maximum absolute atomic E-state index is 11.1. The quantitative estimate of drug-likeness (QED) is 0.677. The molecule has 12 heavy (non-hydrogen) atoms. The number of hydrogen-bond donors (Lipinski definition) is 1. The van der Waals surface area contributed by atoms with Crippen molar-refractivity contribution in [3.63, 3.8) is 0 Å². The van der Waals surface area contributed by atoms with Crippen LogP contribution in [0.3, 0.4) is 0 Å². The molecule has 2 heteroatoms. The number of Topliss-reactive ketones (excluding diaryl/α,β-unsaturated/α-hetero) is 1. The van der Waals surface area contributed by atoms with E-state index in [0.717, 1.165) is 11.1 Å². The zero-order valence-electron chi connectivity index (χ0n) is 7.37. The van der Waals surface area contributed by atoms with Gasteiger partial charge in [-0.15, -0.1) is 0 Å². The topological polar surface area (TPSA) is 43.1 Å². The summed E-state index contributed by atoms with van der Waals surface area (Å²) in [6, 6.07) is 7.36. The maximum Gasteiger partial charge on any atom is 0.160 e. The predicted octanol–water partition coefficient (Wildman–Crippen LogP) is 1.91. The van der Waals surface area contributed by atoms with E-state index < -0.39 is 0 Å². The Morgan fingerprint density at radius 3 is 2.42 bits per heavy atom. The fraction of sp³-hybridized carbons (Fsp3) is 0.300. The number of ketones is 1. The van der Waals surface area contributed by atoms with Crippen LogP contribution in [0.4, 0.5) is 0 Å². The molecule has 0 amide bonds. The molecule has 0 aliphatic heterocycles. The van der Waals surface area contributed by atoms with E-state index in [-0.39, 0.29) is 11.8 Å². The summed E-state index contributed by atoms with van der Waals surface area (Å²) >= 11 is 0. The van der Waals surface area contributed by atoms with Crippen molar-refractivity contribution >= 4 is 5.78 Å². The van der Waals surface area contributed by atoms with Gasteiger partial charge < -0.3 is 5.73 Å². The second-order valence-corrected chi connectivity index (χ2v) is 2.93. The van der Waals surface area contributed by atoms with Crippen LogP contribution in [0, 0.1) is 0 Å². The molecule has 0 aliphatic rings. The molecule has 2 N–H and O–H groups in total. The van der Waals surface area contributed by atoms with Gasteiger partial charge in [-0.3, -0.25) is 4.79 Å². The molecule has 0 bridgehead atoms. The van der Waals surface area contributed by atoms with Gasteiger partial charge in [0.05, 0.1) is 0 Å². The van der Waals surface area contributed by atoms with Crippen LogP contribution < -0.4 is 5.73 Å². The summed E-state index contributed by atoms with van der Waals surface area (Å²) in [5, 5.41) is 0. The van der Waals surface area contributed by atoms with Crippen LogP contribution in [0.5, 0.6) is 0 Å². The van der Waals surface area contributed by atoms with Crippen molar-refractivity contribution in [3.8, 4) is 0 Å². The van der Waals surface area contributed by atoms with Gasteiger partial charge >= 0.3 is 0 Å². The SMILES string of the molecule is CC(=O)c1ccccc1C(C)N. The largest absolute Gasteiger partial charge is 0.324 e. The molecule has 0 radical (unpaired) electrons. The standard InChI is InChI=1S/C10H13NO/c1-7(11)9-5-3-4-6-10(9)8(2)12/h3-7H,11H2,1-2H3. The highest BCUT2D eigenvalue weighted by Gasteiger charge is 2.08. The Hall–Kier alpha value is -1.15. The number of carbonyl (C=O) groups excluding carboxylic acids is 1. The number of carbonyl (C=O) groups is 1. The molecule has 0 saturated carbocycles. The van der Waals surface area contributed by atoms with Gasteiger partial charge in [-0.05, 0) is 19.4 Å². The van der Waals surface area contributed by atoms with Crippen molar-refractivity contribution in [2.24, 2.45) is 5.73 Å². The Morgan fingerprint density at radius 1 is 1.42 bits per heavy atom. The number of rotatable bonds is 2. The predicted molar refractivity (Wildman–Crippen MR) is 49.0 cm³/mol. The fourth-order valence-electron chi connectivity index (χ4n) is 1.21. The average Bonchev–Trinajstić information content (AvgIpc) is 2.04. The first-order valence-electron chi connectivity index (χ1n) is 3.98. The summed E-state index contributed by atoms with van der Waals surface area (Å²) in [7, 11) is 0. The molecule has 0 aliphatic carbocycles. The van der Waals surface area contributed by atoms with E-state index >= 15 is 0 Å². The third-order valence-corrected chi connectivity index (χ3v) is 1.83. The van der Waals surface area contributed by atoms with Crippen molar-refractivity contribution in [1.29, 1.82) is 0 Å². The summed E-state index contributed by atoms with van der Waals surface area (Å²) in [6.07, 6.45) is 0. The summed E-state index contributed by atoms with van der Waals surface area (Å²) < 4.78 is 0. The second-order valence-electron chi connectivity index (χ2n) is 2.93. The molecule has 1 unspecified atom stereocenters. The van der Waals surface area contributed by atoms with E-state index in [9.17, 15) is 4.79 Å². The minimum Gasteiger partial charge on any atom is -0.324 e. The Balaban J connectivity index is 3.17. The highest BCUT2D eigenvalue weighted by molar-refractivity contribution is 5.95. The van der Waals surface area contributed by atoms with Gasteiger partial charge in [-0.25, -0.2) is 0 Å². The fourth-order valence-corrected chi connectivity index (χ4v) is 1.21. The Labute approximate surface area is 72.4 Å². The van der Waals surface area contributed by atoms with Crippen LogP contribution in [0.25, 0.3) is 0 Å². The lowest BCUT2D eigenvalue weighted by atomic mass is 10.00. The third-order valence-electron chi connectivity index (χ3n) is 1.83. The first-order chi connectivity index (χ1) is 5.63. The first-order valence-corrected chi connectivity index (χ1v) is 3.98. The van der Waals surface area contributed by atoms with Gasteiger partial charge in [-0.2, -0.15) is 0 Å². The molecule has 1 atom stereocenters. The van der Waals surface area contributed by atoms with Crippen molar-refractivity contribution in [3.05, 3.63) is 35.4 Å². The minimum atomic E-state index is -0.0786. The van der Waals surface area contributed by atoms with E-state index in [2.05, 4.69) is 0 Å². The van der Waals surface area contributed by atoms with Gasteiger partial charge in [0, 0.05) is 11.6 Å². The molecule has 1 rings (SSSR count). The molecule has 1 aromatic carbocycles. The smallest absolute Gasteiger partial charge is 0.160 e. The summed E-state index contributed by atoms with van der Waals surface area (Å²) in [4.78, 5) is 11.1. The summed E-state index contributed by atoms with van der Waals surface area (Å²) in [6.45, 7) is 3.43. The normalized spacial score (nSPS) is 12.6. The molecule has 2 nitrogen and oxygen atoms in total. The van der Waals surface area contributed by atoms with Crippen molar-refractivity contribution in [1.82, 2.24) is 0 Å². The summed E-state index contributed by atoms with van der Waals surface area (Å²) in [5.41, 5.74) is 7.35. The monoisotopic (exact) mass is 163 g/mol. The number of benzene rings is 1. The zero-order chi connectivity index (χ0) is 9.14. The van der Waals surface area contributed by atoms with Crippen molar-refractivity contribution < 1.29 is 4.79 Å². The zero-order valence-corrected chi connectivity index (χ0v) is 7.37. The van der Waals surface area contributed by atoms with Crippen molar-refractivity contribution in [2.75, 3.05) is 0 Å². The van der Waals surface area contributed by atoms with Crippen LogP contribution in [-0.4, -0.2) is 5.78 Å². The molecule has 0 aromatic heterocycles. The molecular formula is C10H13NO. The molecule has 0 spiro atoms. The van der Waals surface area contributed by atoms with Crippen molar-refractivity contribution in [2.45, 2.75) is 19.9 Å². The molecule has 1 aromatic rings. The second kappa shape index (κ2) is 3.50. The number of hydrogen-bond acceptors (Lipinski definition) is 2. The van der Waals surface area contributed by atoms with Crippen LogP contribution in [0.15, 0.2) is 24.3 Å². The van der Waals surface area contributed by atoms with Crippen LogP contribution >= 0.6 is 0 Å². The first kappa shape index (κ1) is 8.94. The van der Waals surface area contributed by atoms with Crippen LogP contribution in [-0.2, 0) is 0 Å². The van der Waals surface area contributed by atoms with E-state index in [1.54, 1.807) is 13.0 Å². The average molecular weight is 163 g/mol. The highest BCUT2D eigenvalue weighted by atomic mass is 16.1. The van der Waals surface area contributed by atoms with Gasteiger partial charge in [0.2, 0.25) is 0 Å². The molecule has 0 heterocycles. The van der Waals surface area contributed by atoms with Gasteiger partial charge in [0.1, 0.15) is 0 Å². The van der Waals surface area contributed by atoms with E-state index in [1.165, 1.54) is 0 Å². The highest BCUT2D eigenvalue weighted by Crippen LogP contribution is 2.15. The Morgan fingerprint density at radius 2 is 2.00 bits per heavy atom. The lowest BCUT2D eigenvalue weighted by Crippen LogP contribution is -2.10. The van der Waals surface area contributed by atoms with E-state index in [4.69, 9.17) is 5.73 Å². The summed E-state index contributed by atoms with van der Waals surface area (Å²) in [5.74, 6) is 0.0721. The Bertz CT molecular complexity index is 292. The molecule has 64 valence electrons. The number of nitrogens with two attached hydrogens (primary N) is 1. The molecule has 0 saturated heterocycles. The molecule has 0 fully saturated rings. The van der Waals surface area contributed by atoms with Crippen LogP contribution in [0.1, 0.15) is 35.8 Å². The van der Waals surface area contributed by atoms with Gasteiger partial charge in [0.25, 0.3) is 0 Å². The minimum absolute atomic E-state index is 0.0721. The van der Waals surface area contributed by atoms with Crippen LogP contribution in [0.2, 0.25) is 0 Å². The van der Waals surface area contributed by atoms with Gasteiger partial charge in [-0.1, -0.05) is 24.3 Å². The maximum atomic E-state index is 11.1. The Kier molecular flexibility index (Phi) is 2.61. The lowest BCUT2D eigenvalue weighted by molar-refractivity contribution is 0.101.